The second-order valence-electron chi connectivity index (χ2n) is 8.87. The van der Waals surface area contributed by atoms with E-state index in [2.05, 4.69) is 9.88 Å². The van der Waals surface area contributed by atoms with E-state index in [0.717, 1.165) is 30.0 Å². The first-order valence-corrected chi connectivity index (χ1v) is 12.2. The molecule has 1 saturated heterocycles. The van der Waals surface area contributed by atoms with Gasteiger partial charge in [-0.3, -0.25) is 14.7 Å². The Morgan fingerprint density at radius 2 is 1.84 bits per heavy atom. The first-order valence-electron chi connectivity index (χ1n) is 12.2. The number of hydrogen-bond acceptors (Lipinski definition) is 7. The van der Waals surface area contributed by atoms with Gasteiger partial charge in [-0.15, -0.1) is 0 Å². The van der Waals surface area contributed by atoms with Crippen molar-refractivity contribution in [2.24, 2.45) is 0 Å². The molecule has 1 fully saturated rings. The maximum absolute atomic E-state index is 13.2. The monoisotopic (exact) mass is 502 g/mol. The van der Waals surface area contributed by atoms with Crippen molar-refractivity contribution in [3.8, 4) is 16.9 Å². The smallest absolute Gasteiger partial charge is 0.337 e. The molecule has 0 radical (unpaired) electrons. The number of benzene rings is 2. The van der Waals surface area contributed by atoms with Crippen molar-refractivity contribution in [3.05, 3.63) is 94.6 Å². The van der Waals surface area contributed by atoms with E-state index in [4.69, 9.17) is 19.0 Å². The van der Waals surface area contributed by atoms with Gasteiger partial charge in [0, 0.05) is 32.0 Å². The van der Waals surface area contributed by atoms with E-state index >= 15 is 0 Å². The minimum Gasteiger partial charge on any atom is -0.491 e. The van der Waals surface area contributed by atoms with Crippen molar-refractivity contribution >= 4 is 16.9 Å². The SMILES string of the molecule is CC(C)Oc1ccc2c(=O)c(-c3ccccc3)coc2c1CN1CCOCC1.O=C(O)c1cccnc1. The molecule has 1 aliphatic heterocycles. The summed E-state index contributed by atoms with van der Waals surface area (Å²) in [5, 5.41) is 8.93. The molecule has 0 aliphatic carbocycles. The number of carboxylic acid groups (broad SMARTS) is 1. The third-order valence-corrected chi connectivity index (χ3v) is 5.84. The second kappa shape index (κ2) is 12.3. The number of carboxylic acids is 1. The van der Waals surface area contributed by atoms with Crippen molar-refractivity contribution in [1.82, 2.24) is 9.88 Å². The van der Waals surface area contributed by atoms with Gasteiger partial charge in [-0.1, -0.05) is 30.3 Å². The summed E-state index contributed by atoms with van der Waals surface area (Å²) >= 11 is 0. The number of nitrogens with zero attached hydrogens (tertiary/aromatic N) is 2. The molecule has 1 aliphatic rings. The average Bonchev–Trinajstić information content (AvgIpc) is 2.92. The van der Waals surface area contributed by atoms with Crippen LogP contribution in [0, 0.1) is 0 Å². The van der Waals surface area contributed by atoms with Gasteiger partial charge in [-0.05, 0) is 43.7 Å². The molecule has 0 spiro atoms. The molecule has 2 aromatic heterocycles. The summed E-state index contributed by atoms with van der Waals surface area (Å²) in [6.45, 7) is 7.79. The van der Waals surface area contributed by atoms with Gasteiger partial charge in [-0.2, -0.15) is 0 Å². The van der Waals surface area contributed by atoms with Crippen LogP contribution in [0.25, 0.3) is 22.1 Å². The van der Waals surface area contributed by atoms with Crippen LogP contribution in [0.5, 0.6) is 5.75 Å². The van der Waals surface area contributed by atoms with Crippen LogP contribution in [0.3, 0.4) is 0 Å². The van der Waals surface area contributed by atoms with Crippen LogP contribution in [-0.2, 0) is 11.3 Å². The van der Waals surface area contributed by atoms with Crippen molar-refractivity contribution in [2.75, 3.05) is 26.3 Å². The lowest BCUT2D eigenvalue weighted by Gasteiger charge is -2.27. The molecule has 37 heavy (non-hydrogen) atoms. The molecule has 4 aromatic rings. The largest absolute Gasteiger partial charge is 0.491 e. The predicted octanol–water partition coefficient (Wildman–Crippen LogP) is 4.86. The molecule has 8 heteroatoms. The number of rotatable bonds is 6. The maximum Gasteiger partial charge on any atom is 0.337 e. The highest BCUT2D eigenvalue weighted by molar-refractivity contribution is 5.87. The Balaban J connectivity index is 0.000000301. The summed E-state index contributed by atoms with van der Waals surface area (Å²) in [5.74, 6) is -0.173. The predicted molar refractivity (Wildman–Crippen MR) is 141 cm³/mol. The number of ether oxygens (including phenoxy) is 2. The van der Waals surface area contributed by atoms with Gasteiger partial charge in [0.05, 0.1) is 41.4 Å². The number of hydrogen-bond donors (Lipinski definition) is 1. The van der Waals surface area contributed by atoms with Gasteiger partial charge in [0.2, 0.25) is 5.43 Å². The highest BCUT2D eigenvalue weighted by Gasteiger charge is 2.20. The zero-order valence-electron chi connectivity index (χ0n) is 20.9. The summed E-state index contributed by atoms with van der Waals surface area (Å²) in [6.07, 6.45) is 4.45. The van der Waals surface area contributed by atoms with Gasteiger partial charge in [0.25, 0.3) is 0 Å². The highest BCUT2D eigenvalue weighted by Crippen LogP contribution is 2.31. The molecule has 8 nitrogen and oxygen atoms in total. The third kappa shape index (κ3) is 6.61. The molecular weight excluding hydrogens is 472 g/mol. The van der Waals surface area contributed by atoms with E-state index in [-0.39, 0.29) is 17.1 Å². The first-order chi connectivity index (χ1) is 17.9. The van der Waals surface area contributed by atoms with E-state index in [9.17, 15) is 9.59 Å². The summed E-state index contributed by atoms with van der Waals surface area (Å²) in [4.78, 5) is 29.3. The first kappa shape index (κ1) is 26.1. The zero-order valence-corrected chi connectivity index (χ0v) is 20.9. The van der Waals surface area contributed by atoms with Gasteiger partial charge < -0.3 is 19.0 Å². The molecule has 0 atom stereocenters. The van der Waals surface area contributed by atoms with Crippen LogP contribution in [-0.4, -0.2) is 53.4 Å². The third-order valence-electron chi connectivity index (χ3n) is 5.84. The maximum atomic E-state index is 13.2. The van der Waals surface area contributed by atoms with Gasteiger partial charge in [-0.25, -0.2) is 4.79 Å². The van der Waals surface area contributed by atoms with Gasteiger partial charge in [0.1, 0.15) is 17.6 Å². The summed E-state index contributed by atoms with van der Waals surface area (Å²) in [6, 6.07) is 16.4. The number of carbonyl (C=O) groups is 1. The quantitative estimate of drug-likeness (QED) is 0.399. The number of aromatic nitrogens is 1. The van der Waals surface area contributed by atoms with Crippen molar-refractivity contribution in [3.63, 3.8) is 0 Å². The Kier molecular flexibility index (Phi) is 8.66. The second-order valence-corrected chi connectivity index (χ2v) is 8.87. The topological polar surface area (TPSA) is 102 Å². The Bertz CT molecular complexity index is 1380. The molecule has 3 heterocycles. The molecule has 192 valence electrons. The van der Waals surface area contributed by atoms with Gasteiger partial charge in [0.15, 0.2) is 0 Å². The molecular formula is C29H30N2O6. The Morgan fingerprint density at radius 3 is 2.46 bits per heavy atom. The summed E-state index contributed by atoms with van der Waals surface area (Å²) < 4.78 is 17.5. The lowest BCUT2D eigenvalue weighted by molar-refractivity contribution is 0.0337. The lowest BCUT2D eigenvalue weighted by atomic mass is 10.0. The van der Waals surface area contributed by atoms with E-state index in [1.807, 2.05) is 56.3 Å². The normalized spacial score (nSPS) is 13.7. The number of fused-ring (bicyclic) bond motifs is 1. The highest BCUT2D eigenvalue weighted by atomic mass is 16.5. The minimum absolute atomic E-state index is 0.0215. The molecule has 5 rings (SSSR count). The van der Waals surface area contributed by atoms with E-state index < -0.39 is 5.97 Å². The van der Waals surface area contributed by atoms with E-state index in [1.165, 1.54) is 18.5 Å². The van der Waals surface area contributed by atoms with Crippen LogP contribution >= 0.6 is 0 Å². The molecule has 1 N–H and O–H groups in total. The Labute approximate surface area is 215 Å². The standard InChI is InChI=1S/C23H25NO4.C6H5NO2/c1-16(2)28-21-9-8-18-22(25)20(17-6-4-3-5-7-17)15-27-23(18)19(21)14-24-10-12-26-13-11-24;8-6(9)5-2-1-3-7-4-5/h3-9,15-16H,10-14H2,1-2H3;1-4H,(H,8,9). The number of aromatic carboxylic acids is 1. The fourth-order valence-electron chi connectivity index (χ4n) is 4.04. The Morgan fingerprint density at radius 1 is 1.08 bits per heavy atom. The molecule has 0 bridgehead atoms. The average molecular weight is 503 g/mol. The number of morpholine rings is 1. The van der Waals surface area contributed by atoms with Crippen molar-refractivity contribution in [2.45, 2.75) is 26.5 Å². The van der Waals surface area contributed by atoms with E-state index in [1.54, 1.807) is 12.3 Å². The fourth-order valence-corrected chi connectivity index (χ4v) is 4.04. The van der Waals surface area contributed by atoms with Crippen LogP contribution < -0.4 is 10.2 Å². The number of pyridine rings is 1. The van der Waals surface area contributed by atoms with Crippen LogP contribution in [0.15, 0.2) is 82.5 Å². The summed E-state index contributed by atoms with van der Waals surface area (Å²) in [7, 11) is 0. The van der Waals surface area contributed by atoms with Crippen LogP contribution in [0.4, 0.5) is 0 Å². The van der Waals surface area contributed by atoms with E-state index in [0.29, 0.717) is 36.3 Å². The fraction of sp³-hybridized carbons (Fsp3) is 0.276. The molecule has 2 aromatic carbocycles. The summed E-state index contributed by atoms with van der Waals surface area (Å²) in [5.41, 5.74) is 3.15. The van der Waals surface area contributed by atoms with Crippen molar-refractivity contribution in [1.29, 1.82) is 0 Å². The molecule has 0 unspecified atom stereocenters. The molecule has 0 saturated carbocycles. The van der Waals surface area contributed by atoms with Crippen molar-refractivity contribution < 1.29 is 23.8 Å². The molecule has 0 amide bonds. The van der Waals surface area contributed by atoms with Gasteiger partial charge >= 0.3 is 5.97 Å². The zero-order chi connectivity index (χ0) is 26.2. The van der Waals surface area contributed by atoms with Crippen LogP contribution in [0.2, 0.25) is 0 Å². The lowest BCUT2D eigenvalue weighted by Crippen LogP contribution is -2.35. The minimum atomic E-state index is -0.942. The Hall–Kier alpha value is -4.01. The van der Waals surface area contributed by atoms with Crippen LogP contribution in [0.1, 0.15) is 29.8 Å².